The van der Waals surface area contributed by atoms with E-state index in [0.29, 0.717) is 0 Å². The Balaban J connectivity index is 2.78. The summed E-state index contributed by atoms with van der Waals surface area (Å²) in [4.78, 5) is 21.6. The summed E-state index contributed by atoms with van der Waals surface area (Å²) in [5.41, 5.74) is 0. The average molecular weight is 225 g/mol. The normalized spacial score (nSPS) is 23.4. The first kappa shape index (κ1) is 12.0. The Bertz CT molecular complexity index is 368. The molecule has 0 saturated heterocycles. The Hall–Kier alpha value is -2.03. The quantitative estimate of drug-likeness (QED) is 0.628. The molecule has 1 rings (SSSR count). The molecule has 0 amide bonds. The zero-order valence-corrected chi connectivity index (χ0v) is 8.93. The number of nitrogens with zero attached hydrogens (tertiary/aromatic N) is 1. The van der Waals surface area contributed by atoms with Gasteiger partial charge < -0.3 is 14.2 Å². The van der Waals surface area contributed by atoms with Crippen LogP contribution in [0.5, 0.6) is 0 Å². The van der Waals surface area contributed by atoms with E-state index in [1.807, 2.05) is 0 Å². The minimum atomic E-state index is -0.773. The van der Waals surface area contributed by atoms with Crippen LogP contribution in [-0.2, 0) is 23.8 Å². The molecule has 6 heteroatoms. The van der Waals surface area contributed by atoms with Crippen LogP contribution in [-0.4, -0.2) is 30.8 Å². The van der Waals surface area contributed by atoms with Crippen LogP contribution in [0.15, 0.2) is 11.8 Å². The predicted molar refractivity (Wildman–Crippen MR) is 50.8 cm³/mol. The molecule has 0 aromatic carbocycles. The molecule has 0 spiro atoms. The second-order valence-electron chi connectivity index (χ2n) is 3.18. The number of hydrogen-bond donors (Lipinski definition) is 0. The third kappa shape index (κ3) is 3.28. The van der Waals surface area contributed by atoms with E-state index in [9.17, 15) is 9.59 Å². The first-order valence-electron chi connectivity index (χ1n) is 4.62. The Kier molecular flexibility index (Phi) is 3.89. The first-order valence-corrected chi connectivity index (χ1v) is 4.62. The van der Waals surface area contributed by atoms with Crippen LogP contribution in [0.1, 0.15) is 13.8 Å². The van der Waals surface area contributed by atoms with Crippen molar-refractivity contribution in [3.8, 4) is 6.07 Å². The zero-order chi connectivity index (χ0) is 12.1. The predicted octanol–water partition coefficient (Wildman–Crippen LogP) is 0.287. The van der Waals surface area contributed by atoms with E-state index in [1.54, 1.807) is 6.07 Å². The highest BCUT2D eigenvalue weighted by molar-refractivity contribution is 5.67. The lowest BCUT2D eigenvalue weighted by atomic mass is 10.1. The summed E-state index contributed by atoms with van der Waals surface area (Å²) in [6.07, 6.45) is -0.165. The van der Waals surface area contributed by atoms with Crippen molar-refractivity contribution in [2.45, 2.75) is 26.1 Å². The highest BCUT2D eigenvalue weighted by Gasteiger charge is 2.31. The van der Waals surface area contributed by atoms with E-state index in [4.69, 9.17) is 19.5 Å². The average Bonchev–Trinajstić information content (AvgIpc) is 2.19. The Morgan fingerprint density at radius 1 is 1.44 bits per heavy atom. The van der Waals surface area contributed by atoms with Crippen molar-refractivity contribution < 1.29 is 23.8 Å². The Morgan fingerprint density at radius 2 is 2.06 bits per heavy atom. The summed E-state index contributed by atoms with van der Waals surface area (Å²) in [7, 11) is 0. The van der Waals surface area contributed by atoms with Gasteiger partial charge >= 0.3 is 11.9 Å². The van der Waals surface area contributed by atoms with Crippen LogP contribution in [0.25, 0.3) is 0 Å². The van der Waals surface area contributed by atoms with Crippen LogP contribution in [0, 0.1) is 11.3 Å². The molecule has 0 aromatic rings. The summed E-state index contributed by atoms with van der Waals surface area (Å²) in [6, 6.07) is 1.79. The first-order chi connectivity index (χ1) is 7.52. The van der Waals surface area contributed by atoms with Gasteiger partial charge in [-0.2, -0.15) is 5.26 Å². The van der Waals surface area contributed by atoms with E-state index < -0.39 is 24.1 Å². The Morgan fingerprint density at radius 3 is 2.56 bits per heavy atom. The molecule has 1 aliphatic rings. The van der Waals surface area contributed by atoms with E-state index in [2.05, 4.69) is 0 Å². The van der Waals surface area contributed by atoms with Gasteiger partial charge in [0, 0.05) is 19.9 Å². The maximum atomic E-state index is 10.8. The molecular weight excluding hydrogens is 214 g/mol. The fourth-order valence-electron chi connectivity index (χ4n) is 1.26. The standard InChI is InChI=1S/C10H11NO5/c1-6(12)15-9-3-8(4-11)14-5-10(9)16-7(2)13/h3,9-10H,5H2,1-2H3. The molecule has 0 N–H and O–H groups in total. The lowest BCUT2D eigenvalue weighted by Crippen LogP contribution is -2.39. The summed E-state index contributed by atoms with van der Waals surface area (Å²) in [5.74, 6) is -0.966. The van der Waals surface area contributed by atoms with Gasteiger partial charge in [0.2, 0.25) is 0 Å². The third-order valence-electron chi connectivity index (χ3n) is 1.81. The van der Waals surface area contributed by atoms with E-state index in [1.165, 1.54) is 19.9 Å². The molecule has 0 aliphatic carbocycles. The third-order valence-corrected chi connectivity index (χ3v) is 1.81. The smallest absolute Gasteiger partial charge is 0.303 e. The number of esters is 2. The Labute approximate surface area is 92.4 Å². The molecular formula is C10H11NO5. The van der Waals surface area contributed by atoms with Gasteiger partial charge in [-0.15, -0.1) is 0 Å². The molecule has 0 saturated carbocycles. The molecule has 16 heavy (non-hydrogen) atoms. The van der Waals surface area contributed by atoms with Crippen molar-refractivity contribution in [3.05, 3.63) is 11.8 Å². The zero-order valence-electron chi connectivity index (χ0n) is 8.93. The van der Waals surface area contributed by atoms with Gasteiger partial charge in [-0.25, -0.2) is 0 Å². The van der Waals surface area contributed by atoms with Crippen molar-refractivity contribution >= 4 is 11.9 Å². The number of carbonyl (C=O) groups is 2. The molecule has 2 atom stereocenters. The molecule has 0 aromatic heterocycles. The number of carbonyl (C=O) groups excluding carboxylic acids is 2. The SMILES string of the molecule is CC(=O)OC1C=C(C#N)OCC1OC(C)=O. The molecule has 1 heterocycles. The molecule has 86 valence electrons. The van der Waals surface area contributed by atoms with Gasteiger partial charge in [0.15, 0.2) is 18.0 Å². The number of rotatable bonds is 2. The monoisotopic (exact) mass is 225 g/mol. The molecule has 0 fully saturated rings. The highest BCUT2D eigenvalue weighted by Crippen LogP contribution is 2.17. The van der Waals surface area contributed by atoms with Gasteiger partial charge in [-0.05, 0) is 0 Å². The van der Waals surface area contributed by atoms with Crippen LogP contribution in [0.4, 0.5) is 0 Å². The number of hydrogen-bond acceptors (Lipinski definition) is 6. The van der Waals surface area contributed by atoms with E-state index >= 15 is 0 Å². The maximum Gasteiger partial charge on any atom is 0.303 e. The lowest BCUT2D eigenvalue weighted by molar-refractivity contribution is -0.166. The highest BCUT2D eigenvalue weighted by atomic mass is 16.6. The van der Waals surface area contributed by atoms with Crippen molar-refractivity contribution in [2.75, 3.05) is 6.61 Å². The van der Waals surface area contributed by atoms with Crippen molar-refractivity contribution in [3.63, 3.8) is 0 Å². The molecule has 6 nitrogen and oxygen atoms in total. The van der Waals surface area contributed by atoms with Gasteiger partial charge in [0.1, 0.15) is 12.7 Å². The van der Waals surface area contributed by atoms with Crippen molar-refractivity contribution in [1.29, 1.82) is 5.26 Å². The molecule has 2 unspecified atom stereocenters. The molecule has 1 aliphatic heterocycles. The second-order valence-corrected chi connectivity index (χ2v) is 3.18. The van der Waals surface area contributed by atoms with Crippen LogP contribution in [0.2, 0.25) is 0 Å². The molecule has 0 bridgehead atoms. The second kappa shape index (κ2) is 5.16. The van der Waals surface area contributed by atoms with Crippen LogP contribution >= 0.6 is 0 Å². The van der Waals surface area contributed by atoms with Crippen LogP contribution < -0.4 is 0 Å². The minimum absolute atomic E-state index is 0.00306. The topological polar surface area (TPSA) is 85.6 Å². The van der Waals surface area contributed by atoms with E-state index in [-0.39, 0.29) is 12.4 Å². The van der Waals surface area contributed by atoms with Gasteiger partial charge in [0.25, 0.3) is 0 Å². The summed E-state index contributed by atoms with van der Waals surface area (Å²) in [6.45, 7) is 2.48. The lowest BCUT2D eigenvalue weighted by Gasteiger charge is -2.27. The fourth-order valence-corrected chi connectivity index (χ4v) is 1.26. The molecule has 0 radical (unpaired) electrons. The van der Waals surface area contributed by atoms with E-state index in [0.717, 1.165) is 0 Å². The summed E-state index contributed by atoms with van der Waals surface area (Å²) in [5, 5.41) is 8.62. The van der Waals surface area contributed by atoms with Crippen molar-refractivity contribution in [2.24, 2.45) is 0 Å². The number of allylic oxidation sites excluding steroid dienone is 1. The number of ether oxygens (including phenoxy) is 3. The summed E-state index contributed by atoms with van der Waals surface area (Å²) >= 11 is 0. The maximum absolute atomic E-state index is 10.8. The fraction of sp³-hybridized carbons (Fsp3) is 0.500. The number of nitriles is 1. The summed E-state index contributed by atoms with van der Waals surface area (Å²) < 4.78 is 14.8. The van der Waals surface area contributed by atoms with Gasteiger partial charge in [-0.3, -0.25) is 9.59 Å². The van der Waals surface area contributed by atoms with Crippen molar-refractivity contribution in [1.82, 2.24) is 0 Å². The largest absolute Gasteiger partial charge is 0.480 e. The van der Waals surface area contributed by atoms with Crippen LogP contribution in [0.3, 0.4) is 0 Å². The van der Waals surface area contributed by atoms with Gasteiger partial charge in [-0.1, -0.05) is 0 Å². The van der Waals surface area contributed by atoms with Gasteiger partial charge in [0.05, 0.1) is 0 Å². The minimum Gasteiger partial charge on any atom is -0.480 e.